The molecule has 3 N–H and O–H groups in total. The Morgan fingerprint density at radius 3 is 2.29 bits per heavy atom. The first kappa shape index (κ1) is 14.3. The molecule has 0 radical (unpaired) electrons. The molecule has 0 aliphatic heterocycles. The van der Waals surface area contributed by atoms with Crippen molar-refractivity contribution in [1.82, 2.24) is 0 Å². The van der Waals surface area contributed by atoms with Crippen molar-refractivity contribution >= 4 is 11.6 Å². The predicted octanol–water partition coefficient (Wildman–Crippen LogP) is 2.32. The number of alkyl halides is 1. The first-order valence-electron chi connectivity index (χ1n) is 5.53. The van der Waals surface area contributed by atoms with Crippen LogP contribution in [0.15, 0.2) is 18.2 Å². The zero-order chi connectivity index (χ0) is 13.2. The fourth-order valence-electron chi connectivity index (χ4n) is 1.70. The second-order valence-corrected chi connectivity index (χ2v) is 5.47. The summed E-state index contributed by atoms with van der Waals surface area (Å²) in [6.07, 6.45) is -2.26. The molecule has 0 aromatic heterocycles. The van der Waals surface area contributed by atoms with Crippen LogP contribution >= 0.6 is 11.6 Å². The Morgan fingerprint density at radius 2 is 1.82 bits per heavy atom. The number of rotatable bonds is 3. The van der Waals surface area contributed by atoms with Gasteiger partial charge >= 0.3 is 0 Å². The smallest absolute Gasteiger partial charge is 0.125 e. The highest BCUT2D eigenvalue weighted by Gasteiger charge is 2.25. The Labute approximate surface area is 107 Å². The van der Waals surface area contributed by atoms with Gasteiger partial charge in [-0.25, -0.2) is 0 Å². The molecule has 0 heterocycles. The van der Waals surface area contributed by atoms with Gasteiger partial charge in [0.1, 0.15) is 11.9 Å². The maximum atomic E-state index is 10.1. The lowest BCUT2D eigenvalue weighted by molar-refractivity contribution is 0.0311. The summed E-state index contributed by atoms with van der Waals surface area (Å²) in [5, 5.41) is 29.5. The van der Waals surface area contributed by atoms with E-state index in [1.165, 1.54) is 0 Å². The number of halogens is 1. The van der Waals surface area contributed by atoms with Crippen LogP contribution < -0.4 is 0 Å². The van der Waals surface area contributed by atoms with Gasteiger partial charge in [0.2, 0.25) is 0 Å². The fourth-order valence-corrected chi connectivity index (χ4v) is 1.87. The van der Waals surface area contributed by atoms with E-state index < -0.39 is 12.2 Å². The predicted molar refractivity (Wildman–Crippen MR) is 68.5 cm³/mol. The highest BCUT2D eigenvalue weighted by atomic mass is 35.5. The number of aromatic hydroxyl groups is 1. The summed E-state index contributed by atoms with van der Waals surface area (Å²) in [6, 6.07) is 5.14. The number of benzene rings is 1. The van der Waals surface area contributed by atoms with Crippen molar-refractivity contribution in [3.8, 4) is 5.75 Å². The van der Waals surface area contributed by atoms with E-state index in [0.29, 0.717) is 5.56 Å². The van der Waals surface area contributed by atoms with E-state index in [0.717, 1.165) is 5.56 Å². The third kappa shape index (κ3) is 3.12. The molecule has 0 fully saturated rings. The Balaban J connectivity index is 3.19. The Morgan fingerprint density at radius 1 is 1.24 bits per heavy atom. The molecule has 0 aliphatic rings. The van der Waals surface area contributed by atoms with E-state index in [9.17, 15) is 15.3 Å². The molecule has 2 atom stereocenters. The van der Waals surface area contributed by atoms with Crippen LogP contribution in [-0.2, 0) is 5.41 Å². The number of aliphatic hydroxyl groups is 2. The second-order valence-electron chi connectivity index (χ2n) is 5.16. The molecule has 2 unspecified atom stereocenters. The SMILES string of the molecule is CC(C)(C)c1cccc(C(O)C(O)CCl)c1O. The third-order valence-corrected chi connectivity index (χ3v) is 3.03. The van der Waals surface area contributed by atoms with Crippen LogP contribution in [0.1, 0.15) is 38.0 Å². The number of hydrogen-bond acceptors (Lipinski definition) is 3. The van der Waals surface area contributed by atoms with Crippen molar-refractivity contribution in [3.05, 3.63) is 29.3 Å². The van der Waals surface area contributed by atoms with Gasteiger partial charge < -0.3 is 15.3 Å². The van der Waals surface area contributed by atoms with E-state index in [4.69, 9.17) is 11.6 Å². The van der Waals surface area contributed by atoms with Crippen LogP contribution in [0.4, 0.5) is 0 Å². The van der Waals surface area contributed by atoms with Crippen LogP contribution in [0.2, 0.25) is 0 Å². The average molecular weight is 259 g/mol. The maximum absolute atomic E-state index is 10.1. The molecule has 0 aliphatic carbocycles. The molecule has 1 aromatic carbocycles. The molecule has 3 nitrogen and oxygen atoms in total. The number of para-hydroxylation sites is 1. The van der Waals surface area contributed by atoms with Gasteiger partial charge in [-0.1, -0.05) is 39.0 Å². The lowest BCUT2D eigenvalue weighted by Crippen LogP contribution is -2.21. The Hall–Kier alpha value is -0.770. The molecule has 1 aromatic rings. The van der Waals surface area contributed by atoms with E-state index in [-0.39, 0.29) is 17.0 Å². The Kier molecular flexibility index (Phi) is 4.42. The van der Waals surface area contributed by atoms with Gasteiger partial charge in [0.25, 0.3) is 0 Å². The van der Waals surface area contributed by atoms with Crippen LogP contribution in [0, 0.1) is 0 Å². The normalized spacial score (nSPS) is 15.6. The molecule has 0 amide bonds. The van der Waals surface area contributed by atoms with Gasteiger partial charge in [-0.05, 0) is 11.0 Å². The van der Waals surface area contributed by atoms with E-state index in [1.54, 1.807) is 18.2 Å². The highest BCUT2D eigenvalue weighted by Crippen LogP contribution is 2.36. The molecule has 0 saturated carbocycles. The zero-order valence-electron chi connectivity index (χ0n) is 10.3. The van der Waals surface area contributed by atoms with Crippen molar-refractivity contribution in [3.63, 3.8) is 0 Å². The molecular formula is C13H19ClO3. The summed E-state index contributed by atoms with van der Waals surface area (Å²) < 4.78 is 0. The minimum Gasteiger partial charge on any atom is -0.507 e. The van der Waals surface area contributed by atoms with E-state index >= 15 is 0 Å². The minimum atomic E-state index is -1.17. The highest BCUT2D eigenvalue weighted by molar-refractivity contribution is 6.18. The van der Waals surface area contributed by atoms with Crippen molar-refractivity contribution in [2.24, 2.45) is 0 Å². The van der Waals surface area contributed by atoms with Crippen LogP contribution in [0.3, 0.4) is 0 Å². The Bertz CT molecular complexity index is 385. The molecule has 0 bridgehead atoms. The van der Waals surface area contributed by atoms with Gasteiger partial charge in [-0.15, -0.1) is 11.6 Å². The fraction of sp³-hybridized carbons (Fsp3) is 0.538. The molecule has 0 saturated heterocycles. The van der Waals surface area contributed by atoms with Gasteiger partial charge in [0.15, 0.2) is 0 Å². The summed E-state index contributed by atoms with van der Waals surface area (Å²) in [4.78, 5) is 0. The van der Waals surface area contributed by atoms with Crippen molar-refractivity contribution in [2.45, 2.75) is 38.4 Å². The van der Waals surface area contributed by atoms with Crippen LogP contribution in [0.25, 0.3) is 0 Å². The van der Waals surface area contributed by atoms with Gasteiger partial charge in [-0.3, -0.25) is 0 Å². The summed E-state index contributed by atoms with van der Waals surface area (Å²) in [5.74, 6) is -0.0583. The summed E-state index contributed by atoms with van der Waals surface area (Å²) >= 11 is 5.49. The molecule has 1 rings (SSSR count). The first-order valence-corrected chi connectivity index (χ1v) is 6.07. The zero-order valence-corrected chi connectivity index (χ0v) is 11.1. The second kappa shape index (κ2) is 5.25. The summed E-state index contributed by atoms with van der Waals surface area (Å²) in [6.45, 7) is 5.91. The maximum Gasteiger partial charge on any atom is 0.125 e. The number of phenols is 1. The third-order valence-electron chi connectivity index (χ3n) is 2.72. The van der Waals surface area contributed by atoms with Gasteiger partial charge in [0, 0.05) is 5.56 Å². The number of phenolic OH excluding ortho intramolecular Hbond substituents is 1. The first-order chi connectivity index (χ1) is 7.79. The lowest BCUT2D eigenvalue weighted by Gasteiger charge is -2.24. The lowest BCUT2D eigenvalue weighted by atomic mass is 9.84. The van der Waals surface area contributed by atoms with Crippen LogP contribution in [-0.4, -0.2) is 27.3 Å². The molecule has 17 heavy (non-hydrogen) atoms. The molecule has 96 valence electrons. The van der Waals surface area contributed by atoms with E-state index in [2.05, 4.69) is 0 Å². The molecular weight excluding hydrogens is 240 g/mol. The average Bonchev–Trinajstić information content (AvgIpc) is 2.25. The van der Waals surface area contributed by atoms with Crippen LogP contribution in [0.5, 0.6) is 5.75 Å². The summed E-state index contributed by atoms with van der Waals surface area (Å²) in [5.41, 5.74) is 0.813. The van der Waals surface area contributed by atoms with Gasteiger partial charge in [0.05, 0.1) is 12.0 Å². The number of aliphatic hydroxyl groups excluding tert-OH is 2. The monoisotopic (exact) mass is 258 g/mol. The number of hydrogen-bond donors (Lipinski definition) is 3. The molecule has 4 heteroatoms. The molecule has 0 spiro atoms. The largest absolute Gasteiger partial charge is 0.507 e. The summed E-state index contributed by atoms with van der Waals surface area (Å²) in [7, 11) is 0. The standard InChI is InChI=1S/C13H19ClO3/c1-13(2,3)9-6-4-5-8(11(9)16)12(17)10(15)7-14/h4-6,10,12,15-17H,7H2,1-3H3. The minimum absolute atomic E-state index is 0.0247. The van der Waals surface area contributed by atoms with Gasteiger partial charge in [-0.2, -0.15) is 0 Å². The van der Waals surface area contributed by atoms with Crippen molar-refractivity contribution in [1.29, 1.82) is 0 Å². The van der Waals surface area contributed by atoms with Crippen molar-refractivity contribution in [2.75, 3.05) is 5.88 Å². The topological polar surface area (TPSA) is 60.7 Å². The van der Waals surface area contributed by atoms with E-state index in [1.807, 2.05) is 20.8 Å². The quantitative estimate of drug-likeness (QED) is 0.730. The van der Waals surface area contributed by atoms with Crippen molar-refractivity contribution < 1.29 is 15.3 Å².